The van der Waals surface area contributed by atoms with Crippen LogP contribution in [0.1, 0.15) is 27.4 Å². The number of methoxy groups -OCH3 is 1. The first-order valence-corrected chi connectivity index (χ1v) is 6.79. The lowest BCUT2D eigenvalue weighted by Gasteiger charge is -2.20. The van der Waals surface area contributed by atoms with Crippen molar-refractivity contribution in [2.75, 3.05) is 7.11 Å². The molecule has 1 aliphatic heterocycles. The maximum atomic E-state index is 12.6. The van der Waals surface area contributed by atoms with E-state index >= 15 is 0 Å². The van der Waals surface area contributed by atoms with Crippen molar-refractivity contribution in [3.63, 3.8) is 0 Å². The number of hydrogen-bond donors (Lipinski definition) is 4. The minimum Gasteiger partial charge on any atom is -0.508 e. The van der Waals surface area contributed by atoms with Gasteiger partial charge in [-0.1, -0.05) is 0 Å². The van der Waals surface area contributed by atoms with Crippen LogP contribution in [0, 0.1) is 0 Å². The van der Waals surface area contributed by atoms with E-state index in [4.69, 9.17) is 9.47 Å². The van der Waals surface area contributed by atoms with E-state index in [1.807, 2.05) is 0 Å². The summed E-state index contributed by atoms with van der Waals surface area (Å²) in [6.07, 6.45) is 0. The lowest BCUT2D eigenvalue weighted by atomic mass is 9.90. The van der Waals surface area contributed by atoms with Crippen molar-refractivity contribution in [2.24, 2.45) is 0 Å². The third-order valence-corrected chi connectivity index (χ3v) is 4.28. The normalized spacial score (nSPS) is 23.9. The maximum absolute atomic E-state index is 12.6. The summed E-state index contributed by atoms with van der Waals surface area (Å²) >= 11 is 0. The average molecular weight is 316 g/mol. The second kappa shape index (κ2) is 4.08. The molecule has 0 radical (unpaired) electrons. The van der Waals surface area contributed by atoms with E-state index in [2.05, 4.69) is 0 Å². The Kier molecular flexibility index (Phi) is 2.43. The quantitative estimate of drug-likeness (QED) is 0.625. The van der Waals surface area contributed by atoms with Crippen LogP contribution in [0.5, 0.6) is 28.7 Å². The Hall–Kier alpha value is -2.93. The van der Waals surface area contributed by atoms with E-state index in [-0.39, 0.29) is 39.9 Å². The minimum atomic E-state index is -2.23. The highest BCUT2D eigenvalue weighted by Crippen LogP contribution is 2.58. The molecule has 7 nitrogen and oxygen atoms in total. The molecule has 0 amide bonds. The summed E-state index contributed by atoms with van der Waals surface area (Å²) in [7, 11) is 1.34. The monoisotopic (exact) mass is 316 g/mol. The molecule has 1 aliphatic carbocycles. The molecule has 0 fully saturated rings. The van der Waals surface area contributed by atoms with Gasteiger partial charge in [-0.3, -0.25) is 4.79 Å². The standard InChI is InChI=1S/C16H12O7/c1-22-11-5-8-7(4-9(11)18)14-13-10(19)2-6(17)3-12(13)23-16(14,21)15(8)20/h2-5,14,17-19,21H,1H3/t14-,16-/m0/s1. The van der Waals surface area contributed by atoms with Crippen LogP contribution in [-0.4, -0.2) is 39.1 Å². The summed E-state index contributed by atoms with van der Waals surface area (Å²) in [5.41, 5.74) is 0.641. The average Bonchev–Trinajstić information content (AvgIpc) is 2.88. The lowest BCUT2D eigenvalue weighted by molar-refractivity contribution is -0.0897. The van der Waals surface area contributed by atoms with E-state index in [1.54, 1.807) is 0 Å². The van der Waals surface area contributed by atoms with Crippen LogP contribution >= 0.6 is 0 Å². The first-order valence-electron chi connectivity index (χ1n) is 6.79. The molecular formula is C16H12O7. The summed E-state index contributed by atoms with van der Waals surface area (Å²) in [5, 5.41) is 40.3. The largest absolute Gasteiger partial charge is 0.508 e. The van der Waals surface area contributed by atoms with Crippen molar-refractivity contribution >= 4 is 5.78 Å². The zero-order chi connectivity index (χ0) is 16.5. The Morgan fingerprint density at radius 2 is 1.87 bits per heavy atom. The van der Waals surface area contributed by atoms with Crippen LogP contribution in [0.25, 0.3) is 0 Å². The highest BCUT2D eigenvalue weighted by Gasteiger charge is 2.61. The predicted octanol–water partition coefficient (Wildman–Crippen LogP) is 1.22. The molecule has 2 aromatic rings. The number of fused-ring (bicyclic) bond motifs is 5. The van der Waals surface area contributed by atoms with Gasteiger partial charge in [-0.2, -0.15) is 0 Å². The number of hydrogen-bond acceptors (Lipinski definition) is 7. The van der Waals surface area contributed by atoms with Crippen LogP contribution in [0.4, 0.5) is 0 Å². The molecule has 0 spiro atoms. The van der Waals surface area contributed by atoms with Crippen LogP contribution in [0.15, 0.2) is 24.3 Å². The van der Waals surface area contributed by atoms with E-state index in [0.29, 0.717) is 5.56 Å². The molecular weight excluding hydrogens is 304 g/mol. The summed E-state index contributed by atoms with van der Waals surface area (Å²) in [4.78, 5) is 12.6. The number of ether oxygens (including phenoxy) is 2. The number of phenols is 3. The Balaban J connectivity index is 2.01. The molecule has 0 saturated heterocycles. The number of carbonyl (C=O) groups excluding carboxylic acids is 1. The van der Waals surface area contributed by atoms with Crippen LogP contribution < -0.4 is 9.47 Å². The van der Waals surface area contributed by atoms with Gasteiger partial charge in [0, 0.05) is 17.7 Å². The highest BCUT2D eigenvalue weighted by atomic mass is 16.6. The second-order valence-corrected chi connectivity index (χ2v) is 5.55. The van der Waals surface area contributed by atoms with E-state index in [9.17, 15) is 25.2 Å². The lowest BCUT2D eigenvalue weighted by Crippen LogP contribution is -2.41. The Labute approximate surface area is 130 Å². The molecule has 4 N–H and O–H groups in total. The molecule has 7 heteroatoms. The van der Waals surface area contributed by atoms with Crippen LogP contribution in [0.3, 0.4) is 0 Å². The van der Waals surface area contributed by atoms with Gasteiger partial charge in [-0.15, -0.1) is 0 Å². The van der Waals surface area contributed by atoms with Gasteiger partial charge >= 0.3 is 0 Å². The van der Waals surface area contributed by atoms with Gasteiger partial charge in [0.25, 0.3) is 5.79 Å². The van der Waals surface area contributed by atoms with E-state index < -0.39 is 17.5 Å². The molecule has 23 heavy (non-hydrogen) atoms. The predicted molar refractivity (Wildman–Crippen MR) is 76.2 cm³/mol. The van der Waals surface area contributed by atoms with Crippen molar-refractivity contribution < 1.29 is 34.7 Å². The minimum absolute atomic E-state index is 0.0179. The van der Waals surface area contributed by atoms with Gasteiger partial charge in [0.2, 0.25) is 5.78 Å². The summed E-state index contributed by atoms with van der Waals surface area (Å²) in [6.45, 7) is 0. The molecule has 0 saturated carbocycles. The smallest absolute Gasteiger partial charge is 0.284 e. The number of aromatic hydroxyl groups is 3. The third kappa shape index (κ3) is 1.54. The summed E-state index contributed by atoms with van der Waals surface area (Å²) in [6, 6.07) is 4.94. The van der Waals surface area contributed by atoms with Crippen molar-refractivity contribution in [2.45, 2.75) is 11.7 Å². The number of aliphatic hydroxyl groups is 1. The number of ketones is 1. The fourth-order valence-electron chi connectivity index (χ4n) is 3.31. The van der Waals surface area contributed by atoms with Crippen molar-refractivity contribution in [1.82, 2.24) is 0 Å². The van der Waals surface area contributed by atoms with Crippen LogP contribution in [0.2, 0.25) is 0 Å². The Bertz CT molecular complexity index is 873. The SMILES string of the molecule is COc1cc2c(cc1O)[C@H]1c3c(O)cc(O)cc3O[C@]1(O)C2=O. The first kappa shape index (κ1) is 13.7. The van der Waals surface area contributed by atoms with E-state index in [0.717, 1.165) is 6.07 Å². The molecule has 2 aliphatic rings. The fourth-order valence-corrected chi connectivity index (χ4v) is 3.31. The molecule has 2 atom stereocenters. The molecule has 4 rings (SSSR count). The van der Waals surface area contributed by atoms with Gasteiger partial charge in [0.05, 0.1) is 18.6 Å². The number of rotatable bonds is 1. The van der Waals surface area contributed by atoms with Crippen molar-refractivity contribution in [1.29, 1.82) is 0 Å². The molecule has 2 aromatic carbocycles. The Morgan fingerprint density at radius 3 is 2.57 bits per heavy atom. The number of carbonyl (C=O) groups is 1. The van der Waals surface area contributed by atoms with E-state index in [1.165, 1.54) is 25.3 Å². The number of benzene rings is 2. The van der Waals surface area contributed by atoms with Gasteiger partial charge < -0.3 is 29.9 Å². The molecule has 1 heterocycles. The zero-order valence-electron chi connectivity index (χ0n) is 11.9. The van der Waals surface area contributed by atoms with Gasteiger partial charge in [-0.25, -0.2) is 0 Å². The third-order valence-electron chi connectivity index (χ3n) is 4.28. The molecule has 0 bridgehead atoms. The highest BCUT2D eigenvalue weighted by molar-refractivity contribution is 6.09. The van der Waals surface area contributed by atoms with Gasteiger partial charge in [0.1, 0.15) is 17.2 Å². The molecule has 0 aromatic heterocycles. The zero-order valence-corrected chi connectivity index (χ0v) is 11.9. The summed E-state index contributed by atoms with van der Waals surface area (Å²) in [5.74, 6) is -4.58. The summed E-state index contributed by atoms with van der Waals surface area (Å²) < 4.78 is 10.3. The van der Waals surface area contributed by atoms with Crippen molar-refractivity contribution in [3.8, 4) is 28.7 Å². The Morgan fingerprint density at radius 1 is 1.13 bits per heavy atom. The number of Topliss-reactive ketones (excluding diaryl/α,β-unsaturated/α-hetero) is 1. The fraction of sp³-hybridized carbons (Fsp3) is 0.188. The molecule has 118 valence electrons. The first-order chi connectivity index (χ1) is 10.9. The maximum Gasteiger partial charge on any atom is 0.284 e. The second-order valence-electron chi connectivity index (χ2n) is 5.55. The number of phenolic OH excluding ortho intramolecular Hbond substituents is 3. The van der Waals surface area contributed by atoms with Gasteiger partial charge in [-0.05, 0) is 17.7 Å². The van der Waals surface area contributed by atoms with Crippen LogP contribution in [-0.2, 0) is 0 Å². The van der Waals surface area contributed by atoms with Gasteiger partial charge in [0.15, 0.2) is 11.5 Å². The van der Waals surface area contributed by atoms with Crippen molar-refractivity contribution in [3.05, 3.63) is 41.0 Å². The molecule has 0 unspecified atom stereocenters. The topological polar surface area (TPSA) is 116 Å².